The maximum Gasteiger partial charge on any atom is 0.228 e. The van der Waals surface area contributed by atoms with Gasteiger partial charge in [0.05, 0.1) is 25.1 Å². The number of fused-ring (bicyclic) bond motifs is 2. The van der Waals surface area contributed by atoms with Gasteiger partial charge >= 0.3 is 0 Å². The molecule has 186 valence electrons. The van der Waals surface area contributed by atoms with Crippen LogP contribution in [0.1, 0.15) is 28.3 Å². The lowest BCUT2D eigenvalue weighted by molar-refractivity contribution is -0.117. The first-order valence-electron chi connectivity index (χ1n) is 14.5. The summed E-state index contributed by atoms with van der Waals surface area (Å²) in [7, 11) is 0. The van der Waals surface area contributed by atoms with Crippen molar-refractivity contribution in [1.82, 2.24) is 29.8 Å². The van der Waals surface area contributed by atoms with Crippen LogP contribution in [0.15, 0.2) is 24.5 Å². The van der Waals surface area contributed by atoms with Crippen LogP contribution in [0.4, 0.5) is 21.7 Å². The summed E-state index contributed by atoms with van der Waals surface area (Å²) < 4.78 is 67.0. The van der Waals surface area contributed by atoms with Crippen LogP contribution < -0.4 is 15.5 Å². The lowest BCUT2D eigenvalue weighted by atomic mass is 10.1. The van der Waals surface area contributed by atoms with E-state index >= 15 is 4.39 Å². The van der Waals surface area contributed by atoms with Gasteiger partial charge in [0, 0.05) is 57.0 Å². The first-order chi connectivity index (χ1) is 19.9. The van der Waals surface area contributed by atoms with E-state index in [-0.39, 0.29) is 35.0 Å². The molecule has 36 heavy (non-hydrogen) atoms. The minimum Gasteiger partial charge on any atom is -0.378 e. The van der Waals surface area contributed by atoms with E-state index < -0.39 is 43.8 Å². The largest absolute Gasteiger partial charge is 0.378 e. The number of pyridine rings is 2. The topological polar surface area (TPSA) is 122 Å². The second-order valence-electron chi connectivity index (χ2n) is 8.65. The Hall–Kier alpha value is -3.93. The predicted molar refractivity (Wildman–Crippen MR) is 132 cm³/mol. The summed E-state index contributed by atoms with van der Waals surface area (Å²) in [6.45, 7) is -2.66. The van der Waals surface area contributed by atoms with Crippen molar-refractivity contribution in [1.29, 1.82) is 0 Å². The monoisotopic (exact) mass is 497 g/mol. The highest BCUT2D eigenvalue weighted by atomic mass is 19.1. The third-order valence-corrected chi connectivity index (χ3v) is 6.26. The van der Waals surface area contributed by atoms with E-state index in [9.17, 15) is 4.79 Å². The van der Waals surface area contributed by atoms with Crippen molar-refractivity contribution >= 4 is 39.8 Å². The second kappa shape index (κ2) is 8.94. The summed E-state index contributed by atoms with van der Waals surface area (Å²) in [5.41, 5.74) is 1.12. The van der Waals surface area contributed by atoms with Gasteiger partial charge in [-0.3, -0.25) is 4.79 Å². The molecule has 5 heterocycles. The zero-order valence-electron chi connectivity index (χ0n) is 25.0. The Bertz CT molecular complexity index is 1670. The fourth-order valence-corrected chi connectivity index (χ4v) is 4.23. The smallest absolute Gasteiger partial charge is 0.228 e. The molecule has 4 aromatic rings. The molecule has 2 atom stereocenters. The average Bonchev–Trinajstić information content (AvgIpc) is 3.65. The van der Waals surface area contributed by atoms with Gasteiger partial charge in [0.1, 0.15) is 5.52 Å². The third-order valence-electron chi connectivity index (χ3n) is 6.26. The van der Waals surface area contributed by atoms with E-state index in [1.807, 2.05) is 4.90 Å². The van der Waals surface area contributed by atoms with E-state index in [1.165, 1.54) is 22.8 Å². The Labute approximate surface area is 214 Å². The molecule has 2 N–H and O–H groups in total. The fraction of sp³-hybridized carbons (Fsp3) is 0.417. The molecule has 1 saturated carbocycles. The van der Waals surface area contributed by atoms with Crippen LogP contribution in [0.25, 0.3) is 27.9 Å². The number of aromatic nitrogens is 6. The van der Waals surface area contributed by atoms with E-state index in [2.05, 4.69) is 35.9 Å². The molecular formula is C24H26FN9O2. The van der Waals surface area contributed by atoms with E-state index in [0.29, 0.717) is 42.9 Å². The number of hydrogen-bond acceptors (Lipinski definition) is 9. The van der Waals surface area contributed by atoms with Crippen LogP contribution in [0.2, 0.25) is 0 Å². The van der Waals surface area contributed by atoms with Gasteiger partial charge in [-0.1, -0.05) is 6.85 Å². The molecule has 1 aliphatic carbocycles. The van der Waals surface area contributed by atoms with Crippen LogP contribution in [0, 0.1) is 17.7 Å². The number of amides is 1. The number of carbonyl (C=O) groups excluding carboxylic acids is 1. The number of anilines is 3. The summed E-state index contributed by atoms with van der Waals surface area (Å²) in [6.07, 6.45) is 3.31. The highest BCUT2D eigenvalue weighted by Gasteiger charge is 2.39. The van der Waals surface area contributed by atoms with Crippen LogP contribution >= 0.6 is 0 Å². The Kier molecular flexibility index (Phi) is 4.14. The summed E-state index contributed by atoms with van der Waals surface area (Å²) in [5.74, 6) is -2.18. The van der Waals surface area contributed by atoms with Gasteiger partial charge in [-0.25, -0.2) is 18.9 Å². The van der Waals surface area contributed by atoms with Crippen molar-refractivity contribution in [3.05, 3.63) is 30.3 Å². The van der Waals surface area contributed by atoms with Gasteiger partial charge in [0.15, 0.2) is 28.9 Å². The first kappa shape index (κ1) is 16.7. The summed E-state index contributed by atoms with van der Waals surface area (Å²) in [4.78, 5) is 23.4. The quantitative estimate of drug-likeness (QED) is 0.414. The molecule has 4 aromatic heterocycles. The molecule has 0 spiro atoms. The van der Waals surface area contributed by atoms with Crippen molar-refractivity contribution in [2.45, 2.75) is 20.1 Å². The van der Waals surface area contributed by atoms with Crippen molar-refractivity contribution in [2.75, 3.05) is 48.4 Å². The molecule has 12 heteroatoms. The molecule has 1 amide bonds. The summed E-state index contributed by atoms with van der Waals surface area (Å²) >= 11 is 0. The Balaban J connectivity index is 1.38. The molecule has 2 aliphatic rings. The van der Waals surface area contributed by atoms with Gasteiger partial charge < -0.3 is 20.3 Å². The number of halogens is 1. The SMILES string of the molecule is [2H]C([2H])([2H])CNc1ncc(-c2nc3c(F)cc(N4CCOCC4)cn3n2)c2cc(NC(=O)[C@@H]3C[C@@H]3C([2H])([2H])[2H])nnc12. The highest BCUT2D eigenvalue weighted by Crippen LogP contribution is 2.38. The normalized spacial score (nSPS) is 22.8. The molecule has 2 fully saturated rings. The molecular weight excluding hydrogens is 465 g/mol. The zero-order valence-corrected chi connectivity index (χ0v) is 19.0. The minimum absolute atomic E-state index is 0.0141. The van der Waals surface area contributed by atoms with Crippen molar-refractivity contribution in [2.24, 2.45) is 11.8 Å². The van der Waals surface area contributed by atoms with Crippen molar-refractivity contribution in [3.63, 3.8) is 0 Å². The van der Waals surface area contributed by atoms with E-state index in [1.54, 1.807) is 6.20 Å². The number of carbonyl (C=O) groups is 1. The minimum atomic E-state index is -2.30. The number of nitrogens with one attached hydrogen (secondary N) is 2. The van der Waals surface area contributed by atoms with Gasteiger partial charge in [0.2, 0.25) is 5.91 Å². The molecule has 1 aliphatic heterocycles. The van der Waals surface area contributed by atoms with Gasteiger partial charge in [-0.15, -0.1) is 15.3 Å². The Morgan fingerprint density at radius 2 is 2.19 bits per heavy atom. The van der Waals surface area contributed by atoms with Gasteiger partial charge in [-0.2, -0.15) is 0 Å². The third kappa shape index (κ3) is 4.06. The van der Waals surface area contributed by atoms with Crippen LogP contribution in [0.5, 0.6) is 0 Å². The van der Waals surface area contributed by atoms with Gasteiger partial charge in [0.25, 0.3) is 0 Å². The maximum absolute atomic E-state index is 15.2. The van der Waals surface area contributed by atoms with E-state index in [4.69, 9.17) is 13.0 Å². The molecule has 0 aromatic carbocycles. The van der Waals surface area contributed by atoms with E-state index in [0.717, 1.165) is 0 Å². The highest BCUT2D eigenvalue weighted by molar-refractivity contribution is 6.01. The molecule has 0 unspecified atom stereocenters. The Morgan fingerprint density at radius 3 is 3.00 bits per heavy atom. The number of nitrogens with zero attached hydrogens (tertiary/aromatic N) is 7. The maximum atomic E-state index is 15.2. The molecule has 0 bridgehead atoms. The van der Waals surface area contributed by atoms with Crippen LogP contribution in [0.3, 0.4) is 0 Å². The average molecular weight is 498 g/mol. The summed E-state index contributed by atoms with van der Waals surface area (Å²) in [5, 5.41) is 18.4. The van der Waals surface area contributed by atoms with Crippen molar-refractivity contribution in [3.8, 4) is 11.4 Å². The first-order valence-corrected chi connectivity index (χ1v) is 11.5. The fourth-order valence-electron chi connectivity index (χ4n) is 4.23. The molecule has 6 rings (SSSR count). The standard InChI is InChI=1S/C24H26FN9O2/c1-3-26-22-20-16(10-19(30-31-20)28-24(35)15-8-13(15)2)17(11-27-22)21-29-23-18(25)9-14(12-34(23)32-21)33-4-6-36-7-5-33/h9-13,15H,3-8H2,1-2H3,(H,26,27)(H,28,30,35)/t13-,15+/m0/s1/i1D3,2D3. The molecule has 0 radical (unpaired) electrons. The number of ether oxygens (including phenoxy) is 1. The van der Waals surface area contributed by atoms with Gasteiger partial charge in [-0.05, 0) is 25.3 Å². The number of rotatable bonds is 6. The molecule has 11 nitrogen and oxygen atoms in total. The Morgan fingerprint density at radius 1 is 1.31 bits per heavy atom. The van der Waals surface area contributed by atoms with Crippen LogP contribution in [-0.4, -0.2) is 68.5 Å². The summed E-state index contributed by atoms with van der Waals surface area (Å²) in [6, 6.07) is 2.88. The number of morpholine rings is 1. The van der Waals surface area contributed by atoms with Crippen LogP contribution in [-0.2, 0) is 9.53 Å². The predicted octanol–water partition coefficient (Wildman–Crippen LogP) is 2.74. The second-order valence-corrected chi connectivity index (χ2v) is 8.65. The number of hydrogen-bond donors (Lipinski definition) is 2. The zero-order chi connectivity index (χ0) is 29.8. The van der Waals surface area contributed by atoms with Crippen molar-refractivity contribution < 1.29 is 22.1 Å². The lowest BCUT2D eigenvalue weighted by Gasteiger charge is -2.28. The lowest BCUT2D eigenvalue weighted by Crippen LogP contribution is -2.36. The molecule has 1 saturated heterocycles.